The molecule has 1 aliphatic rings. The highest BCUT2D eigenvalue weighted by molar-refractivity contribution is 6.09. The van der Waals surface area contributed by atoms with Gasteiger partial charge in [0.2, 0.25) is 0 Å². The number of anilines is 1. The smallest absolute Gasteiger partial charge is 0.332 e. The van der Waals surface area contributed by atoms with Crippen LogP contribution in [-0.2, 0) is 9.59 Å². The Bertz CT molecular complexity index is 917. The number of hydrogen-bond acceptors (Lipinski definition) is 4. The molecule has 0 saturated carbocycles. The van der Waals surface area contributed by atoms with E-state index < -0.39 is 11.9 Å². The summed E-state index contributed by atoms with van der Waals surface area (Å²) in [5, 5.41) is 12.0. The first kappa shape index (κ1) is 18.5. The highest BCUT2D eigenvalue weighted by Crippen LogP contribution is 2.33. The Morgan fingerprint density at radius 1 is 0.963 bits per heavy atom. The number of hydrogen-bond donors (Lipinski definition) is 2. The molecule has 140 valence electrons. The summed E-state index contributed by atoms with van der Waals surface area (Å²) in [5.74, 6) is -0.173. The van der Waals surface area contributed by atoms with Crippen LogP contribution in [0.15, 0.2) is 53.6 Å². The molecule has 0 heterocycles. The van der Waals surface area contributed by atoms with Gasteiger partial charge in [-0.25, -0.2) is 4.79 Å². The van der Waals surface area contributed by atoms with Gasteiger partial charge in [-0.1, -0.05) is 18.2 Å². The lowest BCUT2D eigenvalue weighted by atomic mass is 10.0. The molecular formula is C21H21NO5. The van der Waals surface area contributed by atoms with Crippen LogP contribution in [0.25, 0.3) is 11.1 Å². The molecular weight excluding hydrogens is 346 g/mol. The van der Waals surface area contributed by atoms with Crippen LogP contribution < -0.4 is 14.8 Å². The molecule has 1 aliphatic carbocycles. The van der Waals surface area contributed by atoms with Crippen LogP contribution in [-0.4, -0.2) is 31.2 Å². The van der Waals surface area contributed by atoms with Gasteiger partial charge < -0.3 is 19.9 Å². The van der Waals surface area contributed by atoms with Gasteiger partial charge in [0.15, 0.2) is 0 Å². The summed E-state index contributed by atoms with van der Waals surface area (Å²) in [6.45, 7) is 0. The Labute approximate surface area is 157 Å². The van der Waals surface area contributed by atoms with E-state index in [4.69, 9.17) is 9.47 Å². The molecule has 0 unspecified atom stereocenters. The minimum absolute atomic E-state index is 0.194. The van der Waals surface area contributed by atoms with Crippen molar-refractivity contribution in [3.63, 3.8) is 0 Å². The van der Waals surface area contributed by atoms with Crippen LogP contribution in [0.3, 0.4) is 0 Å². The average Bonchev–Trinajstić information content (AvgIpc) is 3.18. The topological polar surface area (TPSA) is 84.9 Å². The molecule has 2 aromatic rings. The van der Waals surface area contributed by atoms with Gasteiger partial charge in [0.05, 0.1) is 19.9 Å². The molecule has 0 bridgehead atoms. The average molecular weight is 367 g/mol. The van der Waals surface area contributed by atoms with E-state index >= 15 is 0 Å². The monoisotopic (exact) mass is 367 g/mol. The number of amides is 1. The molecule has 0 aromatic heterocycles. The van der Waals surface area contributed by atoms with Gasteiger partial charge in [0.1, 0.15) is 11.5 Å². The number of benzene rings is 2. The number of ether oxygens (including phenoxy) is 2. The van der Waals surface area contributed by atoms with Crippen molar-refractivity contribution in [3.8, 4) is 22.6 Å². The summed E-state index contributed by atoms with van der Waals surface area (Å²) in [7, 11) is 3.14. The number of nitrogens with one attached hydrogen (secondary N) is 1. The molecule has 0 saturated heterocycles. The van der Waals surface area contributed by atoms with Crippen LogP contribution in [0.4, 0.5) is 5.69 Å². The van der Waals surface area contributed by atoms with Gasteiger partial charge in [0.25, 0.3) is 5.91 Å². The largest absolute Gasteiger partial charge is 0.497 e. The third-order valence-electron chi connectivity index (χ3n) is 4.60. The summed E-state index contributed by atoms with van der Waals surface area (Å²) in [4.78, 5) is 23.8. The van der Waals surface area contributed by atoms with E-state index in [1.807, 2.05) is 36.4 Å². The summed E-state index contributed by atoms with van der Waals surface area (Å²) in [5.41, 5.74) is 2.89. The molecule has 0 spiro atoms. The maximum Gasteiger partial charge on any atom is 0.332 e. The molecule has 27 heavy (non-hydrogen) atoms. The molecule has 3 rings (SSSR count). The summed E-state index contributed by atoms with van der Waals surface area (Å²) in [6, 6.07) is 13.1. The minimum atomic E-state index is -1.03. The normalized spacial score (nSPS) is 13.4. The Morgan fingerprint density at radius 3 is 2.41 bits per heavy atom. The van der Waals surface area contributed by atoms with Crippen molar-refractivity contribution >= 4 is 17.6 Å². The van der Waals surface area contributed by atoms with E-state index in [0.717, 1.165) is 16.9 Å². The van der Waals surface area contributed by atoms with E-state index in [2.05, 4.69) is 5.32 Å². The van der Waals surface area contributed by atoms with Crippen LogP contribution >= 0.6 is 0 Å². The van der Waals surface area contributed by atoms with E-state index in [0.29, 0.717) is 36.3 Å². The van der Waals surface area contributed by atoms with Crippen molar-refractivity contribution < 1.29 is 24.2 Å². The summed E-state index contributed by atoms with van der Waals surface area (Å²) in [6.07, 6.45) is 1.57. The van der Waals surface area contributed by atoms with Crippen molar-refractivity contribution in [2.45, 2.75) is 19.3 Å². The van der Waals surface area contributed by atoms with Crippen LogP contribution in [0, 0.1) is 0 Å². The first-order valence-electron chi connectivity index (χ1n) is 8.62. The Kier molecular flexibility index (Phi) is 5.45. The highest BCUT2D eigenvalue weighted by Gasteiger charge is 2.25. The van der Waals surface area contributed by atoms with E-state index in [-0.39, 0.29) is 5.57 Å². The van der Waals surface area contributed by atoms with E-state index in [1.165, 1.54) is 7.11 Å². The maximum absolute atomic E-state index is 12.5. The second kappa shape index (κ2) is 7.95. The van der Waals surface area contributed by atoms with Crippen molar-refractivity contribution in [2.75, 3.05) is 19.5 Å². The Morgan fingerprint density at radius 2 is 1.70 bits per heavy atom. The van der Waals surface area contributed by atoms with Gasteiger partial charge in [-0.05, 0) is 54.7 Å². The number of aliphatic carboxylic acids is 1. The predicted octanol–water partition coefficient (Wildman–Crippen LogP) is 3.87. The quantitative estimate of drug-likeness (QED) is 0.809. The molecule has 2 N–H and O–H groups in total. The Balaban J connectivity index is 1.88. The molecule has 0 radical (unpaired) electrons. The zero-order valence-electron chi connectivity index (χ0n) is 15.2. The predicted molar refractivity (Wildman–Crippen MR) is 102 cm³/mol. The number of carboxylic acid groups (broad SMARTS) is 1. The highest BCUT2D eigenvalue weighted by atomic mass is 16.5. The van der Waals surface area contributed by atoms with Crippen molar-refractivity contribution in [1.29, 1.82) is 0 Å². The number of rotatable bonds is 6. The van der Waals surface area contributed by atoms with E-state index in [9.17, 15) is 14.7 Å². The zero-order valence-corrected chi connectivity index (χ0v) is 15.2. The van der Waals surface area contributed by atoms with Gasteiger partial charge in [0, 0.05) is 11.1 Å². The lowest BCUT2D eigenvalue weighted by Gasteiger charge is -2.13. The molecule has 6 heteroatoms. The number of carbonyl (C=O) groups is 2. The first-order valence-corrected chi connectivity index (χ1v) is 8.62. The van der Waals surface area contributed by atoms with Crippen LogP contribution in [0.5, 0.6) is 11.5 Å². The zero-order chi connectivity index (χ0) is 19.4. The number of methoxy groups -OCH3 is 2. The molecule has 0 atom stereocenters. The number of carboxylic acids is 1. The Hall–Kier alpha value is -3.28. The third-order valence-corrected chi connectivity index (χ3v) is 4.60. The molecule has 2 aromatic carbocycles. The van der Waals surface area contributed by atoms with Crippen molar-refractivity contribution in [3.05, 3.63) is 53.6 Å². The van der Waals surface area contributed by atoms with Crippen molar-refractivity contribution in [2.24, 2.45) is 0 Å². The number of carbonyl (C=O) groups excluding carboxylic acids is 1. The second-order valence-electron chi connectivity index (χ2n) is 6.22. The molecule has 1 amide bonds. The van der Waals surface area contributed by atoms with Gasteiger partial charge in [-0.2, -0.15) is 0 Å². The fraction of sp³-hybridized carbons (Fsp3) is 0.238. The van der Waals surface area contributed by atoms with Gasteiger partial charge >= 0.3 is 5.97 Å². The molecule has 0 aliphatic heterocycles. The standard InChI is InChI=1S/C21H21NO5/c1-26-15-6-3-5-13(11-15)14-9-10-18(19(12-14)27-2)22-20(23)16-7-4-8-17(16)21(24)25/h3,5-6,9-12H,4,7-8H2,1-2H3,(H,22,23)(H,24,25). The fourth-order valence-corrected chi connectivity index (χ4v) is 3.20. The summed E-state index contributed by atoms with van der Waals surface area (Å²) < 4.78 is 10.7. The first-order chi connectivity index (χ1) is 13.0. The van der Waals surface area contributed by atoms with Crippen LogP contribution in [0.1, 0.15) is 19.3 Å². The van der Waals surface area contributed by atoms with Crippen molar-refractivity contribution in [1.82, 2.24) is 0 Å². The minimum Gasteiger partial charge on any atom is -0.497 e. The molecule has 6 nitrogen and oxygen atoms in total. The summed E-state index contributed by atoms with van der Waals surface area (Å²) >= 11 is 0. The molecule has 0 fully saturated rings. The lowest BCUT2D eigenvalue weighted by Crippen LogP contribution is -2.16. The van der Waals surface area contributed by atoms with Gasteiger partial charge in [-0.15, -0.1) is 0 Å². The fourth-order valence-electron chi connectivity index (χ4n) is 3.20. The van der Waals surface area contributed by atoms with E-state index in [1.54, 1.807) is 13.2 Å². The van der Waals surface area contributed by atoms with Gasteiger partial charge in [-0.3, -0.25) is 4.79 Å². The lowest BCUT2D eigenvalue weighted by molar-refractivity contribution is -0.133. The third kappa shape index (κ3) is 3.95. The SMILES string of the molecule is COc1cccc(-c2ccc(NC(=O)C3=C(C(=O)O)CCC3)c(OC)c2)c1. The maximum atomic E-state index is 12.5. The second-order valence-corrected chi connectivity index (χ2v) is 6.22. The van der Waals surface area contributed by atoms with Crippen LogP contribution in [0.2, 0.25) is 0 Å².